The maximum Gasteiger partial charge on any atom is 0.387 e. The van der Waals surface area contributed by atoms with E-state index in [1.807, 2.05) is 13.8 Å². The van der Waals surface area contributed by atoms with Gasteiger partial charge in [-0.05, 0) is 43.2 Å². The molecular formula is C18H17F2N3O3. The summed E-state index contributed by atoms with van der Waals surface area (Å²) in [7, 11) is 0. The zero-order chi connectivity index (χ0) is 18.8. The number of amides is 1. The molecule has 0 spiro atoms. The van der Waals surface area contributed by atoms with Crippen molar-refractivity contribution in [1.82, 2.24) is 10.1 Å². The van der Waals surface area contributed by atoms with Crippen molar-refractivity contribution in [2.24, 2.45) is 0 Å². The number of anilines is 1. The van der Waals surface area contributed by atoms with Crippen LogP contribution in [0.15, 0.2) is 34.9 Å². The number of aryl methyl sites for hydroxylation is 1. The third-order valence-corrected chi connectivity index (χ3v) is 3.81. The molecule has 0 aliphatic heterocycles. The first-order valence-electron chi connectivity index (χ1n) is 7.98. The Morgan fingerprint density at radius 3 is 2.54 bits per heavy atom. The number of rotatable bonds is 5. The van der Waals surface area contributed by atoms with Crippen LogP contribution in [0.25, 0.3) is 11.1 Å². The molecule has 0 saturated carbocycles. The van der Waals surface area contributed by atoms with Gasteiger partial charge < -0.3 is 14.6 Å². The molecule has 0 aliphatic rings. The number of fused-ring (bicyclic) bond motifs is 1. The third kappa shape index (κ3) is 3.63. The quantitative estimate of drug-likeness (QED) is 0.723. The normalized spacial score (nSPS) is 11.3. The second kappa shape index (κ2) is 7.07. The Morgan fingerprint density at radius 1 is 1.23 bits per heavy atom. The summed E-state index contributed by atoms with van der Waals surface area (Å²) >= 11 is 0. The monoisotopic (exact) mass is 361 g/mol. The standard InChI is InChI=1S/C18H17F2N3O3/c1-9(2)14-8-13(15-10(3)23-26-17(15)22-14)16(24)21-11-4-6-12(7-5-11)25-18(19)20/h4-9,18H,1-3H3,(H,21,24). The van der Waals surface area contributed by atoms with E-state index in [2.05, 4.69) is 20.2 Å². The number of hydrogen-bond acceptors (Lipinski definition) is 5. The first kappa shape index (κ1) is 17.8. The smallest absolute Gasteiger partial charge is 0.387 e. The van der Waals surface area contributed by atoms with Crippen LogP contribution in [0.5, 0.6) is 5.75 Å². The van der Waals surface area contributed by atoms with Crippen molar-refractivity contribution >= 4 is 22.7 Å². The fourth-order valence-electron chi connectivity index (χ4n) is 2.51. The molecule has 1 amide bonds. The van der Waals surface area contributed by atoms with Crippen molar-refractivity contribution in [1.29, 1.82) is 0 Å². The lowest BCUT2D eigenvalue weighted by Gasteiger charge is -2.10. The average Bonchev–Trinajstić information content (AvgIpc) is 2.96. The Balaban J connectivity index is 1.91. The highest BCUT2D eigenvalue weighted by Gasteiger charge is 2.20. The van der Waals surface area contributed by atoms with Gasteiger partial charge in [0.25, 0.3) is 11.6 Å². The molecular weight excluding hydrogens is 344 g/mol. The van der Waals surface area contributed by atoms with Gasteiger partial charge in [0.15, 0.2) is 0 Å². The lowest BCUT2D eigenvalue weighted by atomic mass is 10.0. The SMILES string of the molecule is Cc1noc2nc(C(C)C)cc(C(=O)Nc3ccc(OC(F)F)cc3)c12. The first-order valence-corrected chi connectivity index (χ1v) is 7.98. The van der Waals surface area contributed by atoms with Crippen LogP contribution in [0.2, 0.25) is 0 Å². The third-order valence-electron chi connectivity index (χ3n) is 3.81. The molecule has 26 heavy (non-hydrogen) atoms. The molecule has 6 nitrogen and oxygen atoms in total. The van der Waals surface area contributed by atoms with Gasteiger partial charge in [-0.2, -0.15) is 8.78 Å². The van der Waals surface area contributed by atoms with Gasteiger partial charge >= 0.3 is 6.61 Å². The van der Waals surface area contributed by atoms with Crippen LogP contribution in [0.4, 0.5) is 14.5 Å². The summed E-state index contributed by atoms with van der Waals surface area (Å²) in [5.41, 5.74) is 2.42. The van der Waals surface area contributed by atoms with E-state index >= 15 is 0 Å². The molecule has 0 bridgehead atoms. The zero-order valence-corrected chi connectivity index (χ0v) is 14.4. The van der Waals surface area contributed by atoms with Crippen LogP contribution in [0.1, 0.15) is 41.5 Å². The highest BCUT2D eigenvalue weighted by Crippen LogP contribution is 2.26. The van der Waals surface area contributed by atoms with Gasteiger partial charge in [-0.3, -0.25) is 4.79 Å². The number of nitrogens with zero attached hydrogens (tertiary/aromatic N) is 2. The summed E-state index contributed by atoms with van der Waals surface area (Å²) < 4.78 is 33.9. The number of ether oxygens (including phenoxy) is 1. The average molecular weight is 361 g/mol. The fraction of sp³-hybridized carbons (Fsp3) is 0.278. The van der Waals surface area contributed by atoms with Gasteiger partial charge in [0.2, 0.25) is 0 Å². The Bertz CT molecular complexity index is 937. The molecule has 3 rings (SSSR count). The lowest BCUT2D eigenvalue weighted by Crippen LogP contribution is -2.14. The van der Waals surface area contributed by atoms with Crippen LogP contribution in [0, 0.1) is 6.92 Å². The predicted molar refractivity (Wildman–Crippen MR) is 91.7 cm³/mol. The van der Waals surface area contributed by atoms with E-state index in [1.54, 1.807) is 13.0 Å². The zero-order valence-electron chi connectivity index (χ0n) is 14.4. The number of carbonyl (C=O) groups is 1. The van der Waals surface area contributed by atoms with E-state index < -0.39 is 6.61 Å². The Kier molecular flexibility index (Phi) is 4.83. The number of halogens is 2. The number of alkyl halides is 2. The van der Waals surface area contributed by atoms with Gasteiger partial charge in [0.1, 0.15) is 5.75 Å². The number of pyridine rings is 1. The van der Waals surface area contributed by atoms with Crippen LogP contribution in [-0.4, -0.2) is 22.7 Å². The van der Waals surface area contributed by atoms with E-state index in [-0.39, 0.29) is 17.6 Å². The van der Waals surface area contributed by atoms with E-state index in [0.717, 1.165) is 0 Å². The molecule has 0 saturated heterocycles. The van der Waals surface area contributed by atoms with Crippen molar-refractivity contribution < 1.29 is 22.8 Å². The van der Waals surface area contributed by atoms with Crippen molar-refractivity contribution in [2.75, 3.05) is 5.32 Å². The molecule has 3 aromatic rings. The predicted octanol–water partition coefficient (Wildman–Crippen LogP) is 4.51. The second-order valence-electron chi connectivity index (χ2n) is 6.05. The summed E-state index contributed by atoms with van der Waals surface area (Å²) in [5, 5.41) is 7.16. The van der Waals surface area contributed by atoms with Crippen LogP contribution < -0.4 is 10.1 Å². The molecule has 1 N–H and O–H groups in total. The van der Waals surface area contributed by atoms with Crippen molar-refractivity contribution in [3.05, 3.63) is 47.3 Å². The van der Waals surface area contributed by atoms with Gasteiger partial charge in [-0.25, -0.2) is 4.98 Å². The summed E-state index contributed by atoms with van der Waals surface area (Å²) in [5.74, 6) is -0.253. The Labute approximate surface area is 148 Å². The largest absolute Gasteiger partial charge is 0.435 e. The summed E-state index contributed by atoms with van der Waals surface area (Å²) in [6, 6.07) is 7.39. The maximum absolute atomic E-state index is 12.8. The van der Waals surface area contributed by atoms with Crippen molar-refractivity contribution in [2.45, 2.75) is 33.3 Å². The molecule has 0 unspecified atom stereocenters. The second-order valence-corrected chi connectivity index (χ2v) is 6.05. The minimum absolute atomic E-state index is 0.0151. The number of aromatic nitrogens is 2. The van der Waals surface area contributed by atoms with Gasteiger partial charge in [0, 0.05) is 11.4 Å². The van der Waals surface area contributed by atoms with Crippen LogP contribution in [-0.2, 0) is 0 Å². The maximum atomic E-state index is 12.8. The highest BCUT2D eigenvalue weighted by molar-refractivity contribution is 6.12. The number of hydrogen-bond donors (Lipinski definition) is 1. The van der Waals surface area contributed by atoms with E-state index in [0.29, 0.717) is 33.7 Å². The van der Waals surface area contributed by atoms with Crippen LogP contribution in [0.3, 0.4) is 0 Å². The Hall–Kier alpha value is -3.03. The molecule has 2 heterocycles. The minimum atomic E-state index is -2.90. The minimum Gasteiger partial charge on any atom is -0.435 e. The molecule has 0 radical (unpaired) electrons. The molecule has 2 aromatic heterocycles. The number of nitrogens with one attached hydrogen (secondary N) is 1. The summed E-state index contributed by atoms with van der Waals surface area (Å²) in [6.45, 7) is 2.75. The van der Waals surface area contributed by atoms with E-state index in [1.165, 1.54) is 24.3 Å². The first-order chi connectivity index (χ1) is 12.3. The van der Waals surface area contributed by atoms with E-state index in [9.17, 15) is 13.6 Å². The topological polar surface area (TPSA) is 77.2 Å². The summed E-state index contributed by atoms with van der Waals surface area (Å²) in [4.78, 5) is 17.1. The number of benzene rings is 1. The summed E-state index contributed by atoms with van der Waals surface area (Å²) in [6.07, 6.45) is 0. The molecule has 0 aliphatic carbocycles. The van der Waals surface area contributed by atoms with Crippen molar-refractivity contribution in [3.8, 4) is 5.75 Å². The van der Waals surface area contributed by atoms with Crippen LogP contribution >= 0.6 is 0 Å². The number of carbonyl (C=O) groups excluding carboxylic acids is 1. The molecule has 0 fully saturated rings. The molecule has 136 valence electrons. The molecule has 8 heteroatoms. The highest BCUT2D eigenvalue weighted by atomic mass is 19.3. The molecule has 1 aromatic carbocycles. The fourth-order valence-corrected chi connectivity index (χ4v) is 2.51. The van der Waals surface area contributed by atoms with Gasteiger partial charge in [-0.15, -0.1) is 0 Å². The van der Waals surface area contributed by atoms with Gasteiger partial charge in [-0.1, -0.05) is 19.0 Å². The van der Waals surface area contributed by atoms with E-state index in [4.69, 9.17) is 4.52 Å². The lowest BCUT2D eigenvalue weighted by molar-refractivity contribution is -0.0498. The van der Waals surface area contributed by atoms with Gasteiger partial charge in [0.05, 0.1) is 16.6 Å². The Morgan fingerprint density at radius 2 is 1.92 bits per heavy atom. The van der Waals surface area contributed by atoms with Crippen molar-refractivity contribution in [3.63, 3.8) is 0 Å². The molecule has 0 atom stereocenters.